The molecule has 0 aliphatic carbocycles. The number of nitrogens with zero attached hydrogens (tertiary/aromatic N) is 1. The molecule has 2 rings (SSSR count). The lowest BCUT2D eigenvalue weighted by molar-refractivity contribution is -0.119. The van der Waals surface area contributed by atoms with E-state index in [0.717, 1.165) is 10.6 Å². The van der Waals surface area contributed by atoms with Crippen LogP contribution in [0.5, 0.6) is 0 Å². The van der Waals surface area contributed by atoms with Gasteiger partial charge in [-0.2, -0.15) is 0 Å². The monoisotopic (exact) mass is 376 g/mol. The average molecular weight is 377 g/mol. The molecule has 0 bridgehead atoms. The first kappa shape index (κ1) is 17.7. The first-order valence-corrected chi connectivity index (χ1v) is 9.10. The van der Waals surface area contributed by atoms with Crippen molar-refractivity contribution < 1.29 is 17.6 Å². The Balaban J connectivity index is 2.16. The Hall–Kier alpha value is -1.70. The predicted molar refractivity (Wildman–Crippen MR) is 89.2 cm³/mol. The summed E-state index contributed by atoms with van der Waals surface area (Å²) in [5.41, 5.74) is 0.148. The summed E-state index contributed by atoms with van der Waals surface area (Å²) in [4.78, 5) is 12.0. The van der Waals surface area contributed by atoms with Gasteiger partial charge in [0.05, 0.1) is 34.8 Å². The molecule has 0 aliphatic heterocycles. The third-order valence-corrected chi connectivity index (χ3v) is 4.86. The largest absolute Gasteiger partial charge is 0.467 e. The van der Waals surface area contributed by atoms with Crippen molar-refractivity contribution in [2.45, 2.75) is 6.54 Å². The van der Waals surface area contributed by atoms with Crippen LogP contribution in [-0.4, -0.2) is 27.1 Å². The number of amides is 1. The van der Waals surface area contributed by atoms with E-state index in [1.165, 1.54) is 18.4 Å². The summed E-state index contributed by atoms with van der Waals surface area (Å²) in [5.74, 6) is 0.0629. The van der Waals surface area contributed by atoms with E-state index in [9.17, 15) is 13.2 Å². The number of carbonyl (C=O) groups is 1. The van der Waals surface area contributed by atoms with Gasteiger partial charge in [-0.3, -0.25) is 9.10 Å². The zero-order valence-corrected chi connectivity index (χ0v) is 14.5. The molecule has 0 aliphatic rings. The topological polar surface area (TPSA) is 79.6 Å². The highest BCUT2D eigenvalue weighted by atomic mass is 35.5. The minimum atomic E-state index is -3.72. The van der Waals surface area contributed by atoms with E-state index in [4.69, 9.17) is 27.6 Å². The van der Waals surface area contributed by atoms with Gasteiger partial charge in [-0.25, -0.2) is 8.42 Å². The quantitative estimate of drug-likeness (QED) is 0.840. The molecule has 1 aromatic heterocycles. The fraction of sp³-hybridized carbons (Fsp3) is 0.214. The summed E-state index contributed by atoms with van der Waals surface area (Å²) in [5, 5.41) is 2.85. The molecule has 1 N–H and O–H groups in total. The van der Waals surface area contributed by atoms with Gasteiger partial charge in [-0.1, -0.05) is 29.3 Å². The molecule has 23 heavy (non-hydrogen) atoms. The second kappa shape index (κ2) is 7.25. The van der Waals surface area contributed by atoms with Gasteiger partial charge in [-0.05, 0) is 24.3 Å². The van der Waals surface area contributed by atoms with Crippen molar-refractivity contribution in [3.8, 4) is 0 Å². The summed E-state index contributed by atoms with van der Waals surface area (Å²) < 4.78 is 30.0. The van der Waals surface area contributed by atoms with Crippen LogP contribution >= 0.6 is 23.2 Å². The van der Waals surface area contributed by atoms with E-state index >= 15 is 0 Å². The molecule has 9 heteroatoms. The maximum Gasteiger partial charge on any atom is 0.241 e. The highest BCUT2D eigenvalue weighted by Crippen LogP contribution is 2.33. The van der Waals surface area contributed by atoms with Gasteiger partial charge in [0.15, 0.2) is 0 Å². The lowest BCUT2D eigenvalue weighted by Crippen LogP contribution is -2.40. The van der Waals surface area contributed by atoms with Crippen LogP contribution < -0.4 is 9.62 Å². The Morgan fingerprint density at radius 3 is 2.61 bits per heavy atom. The number of hydrogen-bond donors (Lipinski definition) is 1. The molecule has 1 aromatic carbocycles. The van der Waals surface area contributed by atoms with E-state index in [2.05, 4.69) is 5.32 Å². The Bertz CT molecular complexity index is 791. The molecule has 1 amide bonds. The van der Waals surface area contributed by atoms with Crippen molar-refractivity contribution in [1.29, 1.82) is 0 Å². The first-order valence-electron chi connectivity index (χ1n) is 6.50. The molecule has 6 nitrogen and oxygen atoms in total. The molecule has 0 saturated heterocycles. The molecular weight excluding hydrogens is 363 g/mol. The van der Waals surface area contributed by atoms with Crippen molar-refractivity contribution in [2.75, 3.05) is 17.1 Å². The minimum Gasteiger partial charge on any atom is -0.467 e. The maximum atomic E-state index is 12.0. The SMILES string of the molecule is CS(=O)(=O)N(CC(=O)NCc1ccco1)c1cccc(Cl)c1Cl. The zero-order chi connectivity index (χ0) is 17.0. The van der Waals surface area contributed by atoms with E-state index in [1.54, 1.807) is 18.2 Å². The number of furan rings is 1. The van der Waals surface area contributed by atoms with E-state index in [0.29, 0.717) is 5.76 Å². The average Bonchev–Trinajstić information content (AvgIpc) is 2.98. The van der Waals surface area contributed by atoms with Gasteiger partial charge in [0.1, 0.15) is 12.3 Å². The standard InChI is InChI=1S/C14H14Cl2N2O4S/c1-23(20,21)18(12-6-2-5-11(15)14(12)16)9-13(19)17-8-10-4-3-7-22-10/h2-7H,8-9H2,1H3,(H,17,19). The second-order valence-corrected chi connectivity index (χ2v) is 7.39. The summed E-state index contributed by atoms with van der Waals surface area (Å²) in [6.07, 6.45) is 2.47. The third-order valence-electron chi connectivity index (χ3n) is 2.93. The number of benzene rings is 1. The van der Waals surface area contributed by atoms with Crippen molar-refractivity contribution >= 4 is 44.8 Å². The Morgan fingerprint density at radius 1 is 1.26 bits per heavy atom. The second-order valence-electron chi connectivity index (χ2n) is 4.70. The number of sulfonamides is 1. The fourth-order valence-electron chi connectivity index (χ4n) is 1.85. The highest BCUT2D eigenvalue weighted by molar-refractivity contribution is 7.92. The molecule has 124 valence electrons. The van der Waals surface area contributed by atoms with Crippen LogP contribution in [0, 0.1) is 0 Å². The number of nitrogens with one attached hydrogen (secondary N) is 1. The number of carbonyl (C=O) groups excluding carboxylic acids is 1. The zero-order valence-electron chi connectivity index (χ0n) is 12.1. The van der Waals surface area contributed by atoms with Gasteiger partial charge in [0, 0.05) is 0 Å². The molecular formula is C14H14Cl2N2O4S. The van der Waals surface area contributed by atoms with Gasteiger partial charge < -0.3 is 9.73 Å². The molecule has 0 spiro atoms. The molecule has 1 heterocycles. The normalized spacial score (nSPS) is 11.3. The summed E-state index contributed by atoms with van der Waals surface area (Å²) in [7, 11) is -3.72. The van der Waals surface area contributed by atoms with Crippen LogP contribution in [0.1, 0.15) is 5.76 Å². The van der Waals surface area contributed by atoms with Gasteiger partial charge in [0.25, 0.3) is 0 Å². The van der Waals surface area contributed by atoms with Crippen LogP contribution in [0.2, 0.25) is 10.0 Å². The number of anilines is 1. The van der Waals surface area contributed by atoms with Crippen LogP contribution in [0.3, 0.4) is 0 Å². The van der Waals surface area contributed by atoms with Crippen molar-refractivity contribution in [3.05, 3.63) is 52.4 Å². The summed E-state index contributed by atoms with van der Waals surface area (Å²) in [6, 6.07) is 7.96. The smallest absolute Gasteiger partial charge is 0.241 e. The predicted octanol–water partition coefficient (Wildman–Crippen LogP) is 2.67. The van der Waals surface area contributed by atoms with E-state index < -0.39 is 22.5 Å². The lowest BCUT2D eigenvalue weighted by atomic mass is 10.3. The van der Waals surface area contributed by atoms with Crippen molar-refractivity contribution in [2.24, 2.45) is 0 Å². The first-order chi connectivity index (χ1) is 10.8. The fourth-order valence-corrected chi connectivity index (χ4v) is 3.16. The molecule has 0 radical (unpaired) electrons. The maximum absolute atomic E-state index is 12.0. The highest BCUT2D eigenvalue weighted by Gasteiger charge is 2.23. The van der Waals surface area contributed by atoms with Gasteiger partial charge in [-0.15, -0.1) is 0 Å². The number of hydrogen-bond acceptors (Lipinski definition) is 4. The van der Waals surface area contributed by atoms with E-state index in [-0.39, 0.29) is 22.3 Å². The van der Waals surface area contributed by atoms with Gasteiger partial charge in [0.2, 0.25) is 15.9 Å². The molecule has 0 unspecified atom stereocenters. The molecule has 0 saturated carbocycles. The molecule has 0 atom stereocenters. The Labute approximate surface area is 144 Å². The van der Waals surface area contributed by atoms with Crippen LogP contribution in [0.25, 0.3) is 0 Å². The lowest BCUT2D eigenvalue weighted by Gasteiger charge is -2.23. The molecule has 2 aromatic rings. The number of rotatable bonds is 6. The van der Waals surface area contributed by atoms with E-state index in [1.807, 2.05) is 0 Å². The summed E-state index contributed by atoms with van der Waals surface area (Å²) in [6.45, 7) is -0.258. The number of halogens is 2. The van der Waals surface area contributed by atoms with Crippen LogP contribution in [-0.2, 0) is 21.4 Å². The summed E-state index contributed by atoms with van der Waals surface area (Å²) >= 11 is 12.0. The Kier molecular flexibility index (Phi) is 5.56. The molecule has 0 fully saturated rings. The van der Waals surface area contributed by atoms with Crippen molar-refractivity contribution in [3.63, 3.8) is 0 Å². The minimum absolute atomic E-state index is 0.0680. The van der Waals surface area contributed by atoms with Gasteiger partial charge >= 0.3 is 0 Å². The third kappa shape index (κ3) is 4.63. The van der Waals surface area contributed by atoms with Crippen molar-refractivity contribution in [1.82, 2.24) is 5.32 Å². The van der Waals surface area contributed by atoms with Crippen LogP contribution in [0.15, 0.2) is 41.0 Å². The van der Waals surface area contributed by atoms with Crippen LogP contribution in [0.4, 0.5) is 5.69 Å². The Morgan fingerprint density at radius 2 is 2.00 bits per heavy atom.